The molecule has 3 heterocycles. The van der Waals surface area contributed by atoms with Crippen LogP contribution in [0.25, 0.3) is 22.4 Å². The van der Waals surface area contributed by atoms with Crippen molar-refractivity contribution in [3.8, 4) is 11.3 Å². The molecule has 3 aromatic heterocycles. The number of hydrogen-bond donors (Lipinski definition) is 2. The molecular formula is C18H24N6. The number of hydrogen-bond acceptors (Lipinski definition) is 5. The van der Waals surface area contributed by atoms with Crippen molar-refractivity contribution in [2.75, 3.05) is 11.5 Å². The van der Waals surface area contributed by atoms with Gasteiger partial charge in [-0.05, 0) is 37.1 Å². The summed E-state index contributed by atoms with van der Waals surface area (Å²) < 4.78 is 2.21. The molecule has 0 saturated heterocycles. The number of nitrogens with two attached hydrogens (primary N) is 2. The van der Waals surface area contributed by atoms with Crippen molar-refractivity contribution in [2.24, 2.45) is 5.92 Å². The third-order valence-electron chi connectivity index (χ3n) is 4.54. The van der Waals surface area contributed by atoms with E-state index < -0.39 is 0 Å². The Labute approximate surface area is 141 Å². The smallest absolute Gasteiger partial charge is 0.160 e. The van der Waals surface area contributed by atoms with E-state index in [4.69, 9.17) is 16.5 Å². The van der Waals surface area contributed by atoms with Crippen LogP contribution in [0.4, 0.5) is 11.6 Å². The number of imidazole rings is 1. The van der Waals surface area contributed by atoms with Gasteiger partial charge in [-0.15, -0.1) is 0 Å². The van der Waals surface area contributed by atoms with Gasteiger partial charge >= 0.3 is 0 Å². The van der Waals surface area contributed by atoms with Gasteiger partial charge in [-0.3, -0.25) is 0 Å². The molecule has 126 valence electrons. The number of nitrogen functional groups attached to an aromatic ring is 2. The summed E-state index contributed by atoms with van der Waals surface area (Å²) in [6.07, 6.45) is 2.29. The highest BCUT2D eigenvalue weighted by Gasteiger charge is 2.14. The van der Waals surface area contributed by atoms with Gasteiger partial charge in [-0.2, -0.15) is 0 Å². The normalized spacial score (nSPS) is 11.5. The maximum atomic E-state index is 5.81. The molecule has 6 nitrogen and oxygen atoms in total. The van der Waals surface area contributed by atoms with Gasteiger partial charge in [0.1, 0.15) is 23.0 Å². The van der Waals surface area contributed by atoms with Crippen molar-refractivity contribution >= 4 is 22.8 Å². The largest absolute Gasteiger partial charge is 0.384 e. The van der Waals surface area contributed by atoms with Crippen molar-refractivity contribution in [1.82, 2.24) is 19.5 Å². The predicted octanol–water partition coefficient (Wildman–Crippen LogP) is 3.40. The number of anilines is 2. The maximum Gasteiger partial charge on any atom is 0.160 e. The summed E-state index contributed by atoms with van der Waals surface area (Å²) in [5.41, 5.74) is 15.1. The van der Waals surface area contributed by atoms with E-state index >= 15 is 0 Å². The van der Waals surface area contributed by atoms with Crippen molar-refractivity contribution in [3.05, 3.63) is 30.1 Å². The molecule has 0 fully saturated rings. The molecule has 0 atom stereocenters. The van der Waals surface area contributed by atoms with Crippen LogP contribution in [-0.4, -0.2) is 19.5 Å². The van der Waals surface area contributed by atoms with E-state index in [1.54, 1.807) is 12.1 Å². The lowest BCUT2D eigenvalue weighted by Crippen LogP contribution is -2.11. The van der Waals surface area contributed by atoms with Crippen molar-refractivity contribution in [3.63, 3.8) is 0 Å². The van der Waals surface area contributed by atoms with Gasteiger partial charge in [-0.1, -0.05) is 26.7 Å². The molecule has 3 rings (SSSR count). The molecule has 0 amide bonds. The molecule has 0 aliphatic heterocycles. The Morgan fingerprint density at radius 1 is 1.00 bits per heavy atom. The lowest BCUT2D eigenvalue weighted by molar-refractivity contribution is 0.418. The van der Waals surface area contributed by atoms with Gasteiger partial charge in [0.25, 0.3) is 0 Å². The van der Waals surface area contributed by atoms with Crippen LogP contribution in [-0.2, 0) is 6.54 Å². The molecule has 0 unspecified atom stereocenters. The Balaban J connectivity index is 2.09. The number of nitrogens with zero attached hydrogens (tertiary/aromatic N) is 4. The van der Waals surface area contributed by atoms with Crippen LogP contribution in [0.2, 0.25) is 0 Å². The summed E-state index contributed by atoms with van der Waals surface area (Å²) in [5.74, 6) is 2.41. The van der Waals surface area contributed by atoms with E-state index in [2.05, 4.69) is 28.4 Å². The van der Waals surface area contributed by atoms with Crippen molar-refractivity contribution < 1.29 is 0 Å². The number of aryl methyl sites for hydroxylation is 1. The molecule has 0 bridgehead atoms. The van der Waals surface area contributed by atoms with Gasteiger partial charge in [0.2, 0.25) is 0 Å². The topological polar surface area (TPSA) is 95.6 Å². The quantitative estimate of drug-likeness (QED) is 0.750. The molecule has 0 aliphatic carbocycles. The fraction of sp³-hybridized carbons (Fsp3) is 0.389. The summed E-state index contributed by atoms with van der Waals surface area (Å²) in [4.78, 5) is 13.5. The van der Waals surface area contributed by atoms with Gasteiger partial charge in [0.15, 0.2) is 5.65 Å². The average molecular weight is 324 g/mol. The Morgan fingerprint density at radius 3 is 2.29 bits per heavy atom. The first kappa shape index (κ1) is 16.2. The third-order valence-corrected chi connectivity index (χ3v) is 4.54. The monoisotopic (exact) mass is 324 g/mol. The minimum Gasteiger partial charge on any atom is -0.384 e. The molecule has 3 aromatic rings. The van der Waals surface area contributed by atoms with Crippen LogP contribution < -0.4 is 11.5 Å². The minimum absolute atomic E-state index is 0.397. The van der Waals surface area contributed by atoms with E-state index in [0.29, 0.717) is 17.6 Å². The Hall–Kier alpha value is -2.63. The minimum atomic E-state index is 0.397. The lowest BCUT2D eigenvalue weighted by Gasteiger charge is -2.15. The molecule has 0 spiro atoms. The Bertz CT molecular complexity index is 843. The molecule has 24 heavy (non-hydrogen) atoms. The van der Waals surface area contributed by atoms with E-state index in [0.717, 1.165) is 47.6 Å². The number of fused-ring (bicyclic) bond motifs is 1. The Kier molecular flexibility index (Phi) is 4.38. The van der Waals surface area contributed by atoms with E-state index in [1.165, 1.54) is 0 Å². The highest BCUT2D eigenvalue weighted by Crippen LogP contribution is 2.25. The van der Waals surface area contributed by atoms with Gasteiger partial charge in [0.05, 0.1) is 5.69 Å². The average Bonchev–Trinajstić information content (AvgIpc) is 2.86. The summed E-state index contributed by atoms with van der Waals surface area (Å²) >= 11 is 0. The standard InChI is InChI=1S/C18H24N6/c1-4-12(5-2)10-24-11(3)21-15-7-6-14(22-18(15)24)13-8-16(19)23-17(20)9-13/h6-9,12H,4-5,10H2,1-3H3,(H4,19,20,23). The first-order valence-corrected chi connectivity index (χ1v) is 8.39. The van der Waals surface area contributed by atoms with Crippen molar-refractivity contribution in [2.45, 2.75) is 40.2 Å². The maximum absolute atomic E-state index is 5.81. The van der Waals surface area contributed by atoms with E-state index in [-0.39, 0.29) is 0 Å². The second kappa shape index (κ2) is 6.47. The first-order valence-electron chi connectivity index (χ1n) is 8.39. The number of rotatable bonds is 5. The second-order valence-corrected chi connectivity index (χ2v) is 6.20. The van der Waals surface area contributed by atoms with Crippen LogP contribution in [0.1, 0.15) is 32.5 Å². The molecular weight excluding hydrogens is 300 g/mol. The van der Waals surface area contributed by atoms with Crippen LogP contribution in [0.5, 0.6) is 0 Å². The third kappa shape index (κ3) is 3.04. The van der Waals surface area contributed by atoms with Gasteiger partial charge in [0, 0.05) is 12.1 Å². The number of pyridine rings is 2. The summed E-state index contributed by atoms with van der Waals surface area (Å²) in [5, 5.41) is 0. The van der Waals surface area contributed by atoms with E-state index in [1.807, 2.05) is 19.1 Å². The fourth-order valence-electron chi connectivity index (χ4n) is 3.02. The first-order chi connectivity index (χ1) is 11.5. The number of aromatic nitrogens is 4. The molecule has 0 saturated carbocycles. The van der Waals surface area contributed by atoms with Crippen molar-refractivity contribution in [1.29, 1.82) is 0 Å². The summed E-state index contributed by atoms with van der Waals surface area (Å²) in [7, 11) is 0. The molecule has 6 heteroatoms. The SMILES string of the molecule is CCC(CC)Cn1c(C)nc2ccc(-c3cc(N)nc(N)c3)nc21. The molecule has 0 aliphatic rings. The fourth-order valence-corrected chi connectivity index (χ4v) is 3.02. The van der Waals surface area contributed by atoms with Crippen LogP contribution in [0, 0.1) is 12.8 Å². The second-order valence-electron chi connectivity index (χ2n) is 6.20. The van der Waals surface area contributed by atoms with Crippen LogP contribution in [0.3, 0.4) is 0 Å². The zero-order valence-corrected chi connectivity index (χ0v) is 14.5. The molecule has 0 aromatic carbocycles. The summed E-state index contributed by atoms with van der Waals surface area (Å²) in [6.45, 7) is 7.42. The highest BCUT2D eigenvalue weighted by molar-refractivity contribution is 5.77. The van der Waals surface area contributed by atoms with Gasteiger partial charge in [-0.25, -0.2) is 15.0 Å². The van der Waals surface area contributed by atoms with Gasteiger partial charge < -0.3 is 16.0 Å². The zero-order valence-electron chi connectivity index (χ0n) is 14.5. The predicted molar refractivity (Wildman–Crippen MR) is 98.4 cm³/mol. The van der Waals surface area contributed by atoms with E-state index in [9.17, 15) is 0 Å². The molecule has 4 N–H and O–H groups in total. The Morgan fingerprint density at radius 2 is 1.67 bits per heavy atom. The summed E-state index contributed by atoms with van der Waals surface area (Å²) in [6, 6.07) is 7.53. The highest BCUT2D eigenvalue weighted by atomic mass is 15.1. The lowest BCUT2D eigenvalue weighted by atomic mass is 10.0. The molecule has 0 radical (unpaired) electrons. The van der Waals surface area contributed by atoms with Crippen LogP contribution in [0.15, 0.2) is 24.3 Å². The van der Waals surface area contributed by atoms with Crippen LogP contribution >= 0.6 is 0 Å². The zero-order chi connectivity index (χ0) is 17.3.